The lowest BCUT2D eigenvalue weighted by Gasteiger charge is -2.41. The van der Waals surface area contributed by atoms with Crippen molar-refractivity contribution < 1.29 is 9.53 Å². The second kappa shape index (κ2) is 8.80. The molecule has 0 unspecified atom stereocenters. The zero-order chi connectivity index (χ0) is 20.1. The molecular formula is C24H29N3O2. The Bertz CT molecular complexity index is 943. The Balaban J connectivity index is 1.28. The normalized spacial score (nSPS) is 16.7. The molecule has 3 aromatic rings. The van der Waals surface area contributed by atoms with Crippen molar-refractivity contribution in [3.8, 4) is 0 Å². The van der Waals surface area contributed by atoms with E-state index >= 15 is 0 Å². The number of amides is 1. The number of H-pyrrole nitrogens is 1. The van der Waals surface area contributed by atoms with Crippen LogP contribution in [-0.4, -0.2) is 54.7 Å². The van der Waals surface area contributed by atoms with E-state index in [0.717, 1.165) is 38.9 Å². The molecule has 2 aromatic carbocycles. The fraction of sp³-hybridized carbons (Fsp3) is 0.375. The topological polar surface area (TPSA) is 57.4 Å². The van der Waals surface area contributed by atoms with Gasteiger partial charge in [-0.3, -0.25) is 4.79 Å². The highest BCUT2D eigenvalue weighted by Gasteiger charge is 2.34. The molecule has 0 radical (unpaired) electrons. The number of fused-ring (bicyclic) bond motifs is 1. The van der Waals surface area contributed by atoms with Gasteiger partial charge in [0.05, 0.1) is 5.60 Å². The zero-order valence-electron chi connectivity index (χ0n) is 17.0. The van der Waals surface area contributed by atoms with Gasteiger partial charge < -0.3 is 19.9 Å². The largest absolute Gasteiger partial charge is 0.376 e. The molecule has 1 amide bonds. The van der Waals surface area contributed by atoms with E-state index in [-0.39, 0.29) is 11.5 Å². The summed E-state index contributed by atoms with van der Waals surface area (Å²) in [7, 11) is 1.76. The number of ether oxygens (including phenoxy) is 1. The molecule has 0 bridgehead atoms. The van der Waals surface area contributed by atoms with Crippen molar-refractivity contribution in [2.24, 2.45) is 0 Å². The maximum Gasteiger partial charge on any atom is 0.251 e. The van der Waals surface area contributed by atoms with Crippen molar-refractivity contribution in [1.82, 2.24) is 15.2 Å². The van der Waals surface area contributed by atoms with Crippen molar-refractivity contribution in [2.75, 3.05) is 33.3 Å². The highest BCUT2D eigenvalue weighted by molar-refractivity contribution is 5.94. The van der Waals surface area contributed by atoms with E-state index in [4.69, 9.17) is 4.74 Å². The number of hydrogen-bond acceptors (Lipinski definition) is 3. The summed E-state index contributed by atoms with van der Waals surface area (Å²) in [6, 6.07) is 17.8. The van der Waals surface area contributed by atoms with Gasteiger partial charge >= 0.3 is 0 Å². The third kappa shape index (κ3) is 4.52. The van der Waals surface area contributed by atoms with E-state index in [9.17, 15) is 4.79 Å². The van der Waals surface area contributed by atoms with E-state index in [1.54, 1.807) is 7.11 Å². The predicted octanol–water partition coefficient (Wildman–Crippen LogP) is 3.62. The molecule has 5 heteroatoms. The molecule has 5 nitrogen and oxygen atoms in total. The second-order valence-electron chi connectivity index (χ2n) is 7.89. The standard InChI is InChI=1S/C24H29N3O2/c1-29-24(18-26-23(28)19-7-3-2-4-8-19)12-15-27(16-13-24)14-11-20-17-25-22-10-6-5-9-21(20)22/h2-10,17,25H,11-16,18H2,1H3,(H,26,28). The lowest BCUT2D eigenvalue weighted by Crippen LogP contribution is -2.52. The summed E-state index contributed by atoms with van der Waals surface area (Å²) in [4.78, 5) is 18.2. The van der Waals surface area contributed by atoms with Gasteiger partial charge in [0, 0.05) is 56.0 Å². The van der Waals surface area contributed by atoms with Gasteiger partial charge in [0.2, 0.25) is 0 Å². The SMILES string of the molecule is COC1(CNC(=O)c2ccccc2)CCN(CCc2c[nH]c3ccccc23)CC1. The fourth-order valence-electron chi connectivity index (χ4n) is 4.19. The van der Waals surface area contributed by atoms with Gasteiger partial charge in [-0.25, -0.2) is 0 Å². The third-order valence-electron chi connectivity index (χ3n) is 6.18. The number of aromatic nitrogens is 1. The number of para-hydroxylation sites is 1. The van der Waals surface area contributed by atoms with Crippen LogP contribution in [0.25, 0.3) is 10.9 Å². The molecule has 2 heterocycles. The van der Waals surface area contributed by atoms with E-state index in [2.05, 4.69) is 45.7 Å². The number of hydrogen-bond donors (Lipinski definition) is 2. The Hall–Kier alpha value is -2.63. The van der Waals surface area contributed by atoms with Crippen LogP contribution in [0, 0.1) is 0 Å². The first kappa shape index (κ1) is 19.7. The van der Waals surface area contributed by atoms with Gasteiger partial charge in [-0.15, -0.1) is 0 Å². The van der Waals surface area contributed by atoms with Gasteiger partial charge in [-0.2, -0.15) is 0 Å². The van der Waals surface area contributed by atoms with E-state index < -0.39 is 0 Å². The van der Waals surface area contributed by atoms with Crippen molar-refractivity contribution >= 4 is 16.8 Å². The van der Waals surface area contributed by atoms with Crippen LogP contribution in [-0.2, 0) is 11.2 Å². The highest BCUT2D eigenvalue weighted by Crippen LogP contribution is 2.26. The smallest absolute Gasteiger partial charge is 0.251 e. The summed E-state index contributed by atoms with van der Waals surface area (Å²) in [6.07, 6.45) is 5.01. The molecule has 0 atom stereocenters. The summed E-state index contributed by atoms with van der Waals surface area (Å²) in [6.45, 7) is 3.56. The highest BCUT2D eigenvalue weighted by atomic mass is 16.5. The van der Waals surface area contributed by atoms with Crippen LogP contribution in [0.4, 0.5) is 0 Å². The summed E-state index contributed by atoms with van der Waals surface area (Å²) in [5.41, 5.74) is 2.99. The van der Waals surface area contributed by atoms with E-state index in [1.165, 1.54) is 16.5 Å². The maximum atomic E-state index is 12.4. The minimum atomic E-state index is -0.276. The van der Waals surface area contributed by atoms with Gasteiger partial charge in [-0.1, -0.05) is 36.4 Å². The van der Waals surface area contributed by atoms with Crippen LogP contribution in [0.2, 0.25) is 0 Å². The summed E-state index contributed by atoms with van der Waals surface area (Å²) in [5.74, 6) is -0.0382. The summed E-state index contributed by atoms with van der Waals surface area (Å²) in [5, 5.41) is 4.38. The summed E-state index contributed by atoms with van der Waals surface area (Å²) >= 11 is 0. The number of aromatic amines is 1. The van der Waals surface area contributed by atoms with Crippen LogP contribution < -0.4 is 5.32 Å². The molecule has 1 aliphatic heterocycles. The zero-order valence-corrected chi connectivity index (χ0v) is 17.0. The molecule has 0 spiro atoms. The van der Waals surface area contributed by atoms with Crippen molar-refractivity contribution in [2.45, 2.75) is 24.9 Å². The molecule has 0 saturated carbocycles. The Labute approximate surface area is 172 Å². The van der Waals surface area contributed by atoms with Crippen LogP contribution in [0.15, 0.2) is 60.8 Å². The molecule has 29 heavy (non-hydrogen) atoms. The minimum absolute atomic E-state index is 0.0382. The Kier molecular flexibility index (Phi) is 5.97. The first-order valence-electron chi connectivity index (χ1n) is 10.3. The molecule has 1 fully saturated rings. The number of carbonyl (C=O) groups excluding carboxylic acids is 1. The van der Waals surface area contributed by atoms with Gasteiger partial charge in [0.25, 0.3) is 5.91 Å². The Morgan fingerprint density at radius 1 is 1.10 bits per heavy atom. The minimum Gasteiger partial charge on any atom is -0.376 e. The van der Waals surface area contributed by atoms with Gasteiger partial charge in [0.15, 0.2) is 0 Å². The molecule has 1 aromatic heterocycles. The predicted molar refractivity (Wildman–Crippen MR) is 116 cm³/mol. The van der Waals surface area contributed by atoms with Crippen molar-refractivity contribution in [1.29, 1.82) is 0 Å². The number of methoxy groups -OCH3 is 1. The average molecular weight is 392 g/mol. The quantitative estimate of drug-likeness (QED) is 0.647. The first-order chi connectivity index (χ1) is 14.2. The van der Waals surface area contributed by atoms with Gasteiger partial charge in [0.1, 0.15) is 0 Å². The maximum absolute atomic E-state index is 12.4. The van der Waals surface area contributed by atoms with Crippen LogP contribution in [0.5, 0.6) is 0 Å². The number of carbonyl (C=O) groups is 1. The average Bonchev–Trinajstić information content (AvgIpc) is 3.20. The molecule has 1 aliphatic rings. The van der Waals surface area contributed by atoms with Crippen molar-refractivity contribution in [3.05, 3.63) is 71.9 Å². The van der Waals surface area contributed by atoms with Gasteiger partial charge in [-0.05, 0) is 43.0 Å². The number of nitrogens with one attached hydrogen (secondary N) is 2. The number of piperidine rings is 1. The number of nitrogens with zero attached hydrogens (tertiary/aromatic N) is 1. The molecule has 2 N–H and O–H groups in total. The Morgan fingerprint density at radius 3 is 2.59 bits per heavy atom. The van der Waals surface area contributed by atoms with E-state index in [0.29, 0.717) is 12.1 Å². The fourth-order valence-corrected chi connectivity index (χ4v) is 4.19. The van der Waals surface area contributed by atoms with Crippen LogP contribution in [0.3, 0.4) is 0 Å². The van der Waals surface area contributed by atoms with Crippen molar-refractivity contribution in [3.63, 3.8) is 0 Å². The Morgan fingerprint density at radius 2 is 1.83 bits per heavy atom. The third-order valence-corrected chi connectivity index (χ3v) is 6.18. The summed E-state index contributed by atoms with van der Waals surface area (Å²) < 4.78 is 5.88. The molecule has 4 rings (SSSR count). The molecule has 0 aliphatic carbocycles. The van der Waals surface area contributed by atoms with Crippen LogP contribution in [0.1, 0.15) is 28.8 Å². The molecular weight excluding hydrogens is 362 g/mol. The van der Waals surface area contributed by atoms with E-state index in [1.807, 2.05) is 30.3 Å². The number of likely N-dealkylation sites (tertiary alicyclic amines) is 1. The number of benzene rings is 2. The lowest BCUT2D eigenvalue weighted by molar-refractivity contribution is -0.0538. The molecule has 152 valence electrons. The monoisotopic (exact) mass is 391 g/mol. The molecule has 1 saturated heterocycles. The lowest BCUT2D eigenvalue weighted by atomic mass is 9.90. The number of rotatable bonds is 7. The first-order valence-corrected chi connectivity index (χ1v) is 10.3. The second-order valence-corrected chi connectivity index (χ2v) is 7.89. The van der Waals surface area contributed by atoms with Crippen LogP contribution >= 0.6 is 0 Å².